The molecule has 27 heavy (non-hydrogen) atoms. The van der Waals surface area contributed by atoms with Crippen LogP contribution in [0.2, 0.25) is 0 Å². The van der Waals surface area contributed by atoms with Gasteiger partial charge >= 0.3 is 0 Å². The van der Waals surface area contributed by atoms with Gasteiger partial charge in [0.15, 0.2) is 0 Å². The van der Waals surface area contributed by atoms with E-state index < -0.39 is 4.92 Å². The molecule has 1 N–H and O–H groups in total. The second-order valence-electron chi connectivity index (χ2n) is 5.76. The fourth-order valence-electron chi connectivity index (χ4n) is 2.28. The van der Waals surface area contributed by atoms with Gasteiger partial charge in [-0.3, -0.25) is 14.9 Å². The van der Waals surface area contributed by atoms with Crippen LogP contribution in [0, 0.1) is 17.0 Å². The Balaban J connectivity index is 1.54. The fourth-order valence-corrected chi connectivity index (χ4v) is 2.89. The minimum absolute atomic E-state index is 0.0219. The number of nitro groups is 1. The van der Waals surface area contributed by atoms with Crippen LogP contribution in [-0.4, -0.2) is 26.8 Å². The van der Waals surface area contributed by atoms with Crippen molar-refractivity contribution in [2.75, 3.05) is 11.1 Å². The third kappa shape index (κ3) is 5.11. The van der Waals surface area contributed by atoms with E-state index in [0.29, 0.717) is 10.7 Å². The Kier molecular flexibility index (Phi) is 5.77. The summed E-state index contributed by atoms with van der Waals surface area (Å²) in [4.78, 5) is 22.2. The lowest BCUT2D eigenvalue weighted by molar-refractivity contribution is -0.384. The molecule has 8 heteroatoms. The molecule has 0 fully saturated rings. The van der Waals surface area contributed by atoms with E-state index in [0.717, 1.165) is 11.3 Å². The zero-order chi connectivity index (χ0) is 19.2. The lowest BCUT2D eigenvalue weighted by Gasteiger charge is -2.05. The predicted molar refractivity (Wildman–Crippen MR) is 105 cm³/mol. The lowest BCUT2D eigenvalue weighted by Crippen LogP contribution is -2.14. The number of aryl methyl sites for hydroxylation is 1. The molecule has 0 aliphatic heterocycles. The topological polar surface area (TPSA) is 98.0 Å². The summed E-state index contributed by atoms with van der Waals surface area (Å²) in [7, 11) is 0. The Bertz CT molecular complexity index is 942. The average molecular weight is 380 g/mol. The Morgan fingerprint density at radius 3 is 2.33 bits per heavy atom. The average Bonchev–Trinajstić information content (AvgIpc) is 2.68. The molecular formula is C19H16N4O3S. The van der Waals surface area contributed by atoms with Crippen LogP contribution >= 0.6 is 11.8 Å². The number of anilines is 1. The van der Waals surface area contributed by atoms with Crippen molar-refractivity contribution in [1.29, 1.82) is 0 Å². The largest absolute Gasteiger partial charge is 0.325 e. The number of nitrogens with one attached hydrogen (secondary N) is 1. The van der Waals surface area contributed by atoms with E-state index in [1.807, 2.05) is 43.3 Å². The number of benzene rings is 2. The highest BCUT2D eigenvalue weighted by Gasteiger charge is 2.08. The summed E-state index contributed by atoms with van der Waals surface area (Å²) in [6.07, 6.45) is 0. The number of aromatic nitrogens is 2. The normalized spacial score (nSPS) is 10.4. The molecule has 0 spiro atoms. The zero-order valence-corrected chi connectivity index (χ0v) is 15.3. The number of non-ortho nitro benzene ring substituents is 1. The maximum Gasteiger partial charge on any atom is 0.269 e. The molecule has 1 heterocycles. The number of carbonyl (C=O) groups is 1. The van der Waals surface area contributed by atoms with E-state index in [9.17, 15) is 14.9 Å². The van der Waals surface area contributed by atoms with Crippen LogP contribution in [-0.2, 0) is 4.79 Å². The fraction of sp³-hybridized carbons (Fsp3) is 0.105. The number of hydrogen-bond acceptors (Lipinski definition) is 6. The molecule has 3 rings (SSSR count). The first-order valence-electron chi connectivity index (χ1n) is 8.09. The van der Waals surface area contributed by atoms with Crippen molar-refractivity contribution in [3.05, 3.63) is 76.3 Å². The smallest absolute Gasteiger partial charge is 0.269 e. The molecule has 7 nitrogen and oxygen atoms in total. The van der Waals surface area contributed by atoms with E-state index in [2.05, 4.69) is 15.5 Å². The number of nitro benzene ring substituents is 1. The van der Waals surface area contributed by atoms with Crippen LogP contribution in [0.25, 0.3) is 11.3 Å². The molecule has 0 aliphatic rings. The van der Waals surface area contributed by atoms with Crippen LogP contribution < -0.4 is 5.32 Å². The number of amides is 1. The van der Waals surface area contributed by atoms with Gasteiger partial charge in [0.2, 0.25) is 5.91 Å². The van der Waals surface area contributed by atoms with Crippen molar-refractivity contribution in [1.82, 2.24) is 10.2 Å². The number of thioether (sulfide) groups is 1. The third-order valence-corrected chi connectivity index (χ3v) is 4.62. The third-order valence-electron chi connectivity index (χ3n) is 3.70. The van der Waals surface area contributed by atoms with Gasteiger partial charge in [0.05, 0.1) is 16.4 Å². The second-order valence-corrected chi connectivity index (χ2v) is 6.76. The molecule has 0 unspecified atom stereocenters. The SMILES string of the molecule is Cc1ccc(-c2ccc(SCC(=O)Nc3ccc([N+](=O)[O-])cc3)nn2)cc1. The van der Waals surface area contributed by atoms with E-state index in [1.165, 1.54) is 41.6 Å². The van der Waals surface area contributed by atoms with Gasteiger partial charge in [-0.15, -0.1) is 10.2 Å². The maximum absolute atomic E-state index is 12.0. The molecule has 0 atom stereocenters. The van der Waals surface area contributed by atoms with Crippen molar-refractivity contribution >= 4 is 29.0 Å². The Labute approximate surface area is 160 Å². The minimum Gasteiger partial charge on any atom is -0.325 e. The summed E-state index contributed by atoms with van der Waals surface area (Å²) in [5.74, 6) is -0.0616. The first-order valence-corrected chi connectivity index (χ1v) is 9.08. The first kappa shape index (κ1) is 18.5. The number of nitrogens with zero attached hydrogens (tertiary/aromatic N) is 3. The molecule has 136 valence electrons. The van der Waals surface area contributed by atoms with Gasteiger partial charge in [-0.2, -0.15) is 0 Å². The summed E-state index contributed by atoms with van der Waals surface area (Å²) >= 11 is 1.27. The second kappa shape index (κ2) is 8.41. The molecular weight excluding hydrogens is 364 g/mol. The molecule has 1 amide bonds. The highest BCUT2D eigenvalue weighted by Crippen LogP contribution is 2.21. The summed E-state index contributed by atoms with van der Waals surface area (Å²) in [5, 5.41) is 22.3. The maximum atomic E-state index is 12.0. The van der Waals surface area contributed by atoms with E-state index in [1.54, 1.807) is 0 Å². The van der Waals surface area contributed by atoms with Crippen LogP contribution in [0.1, 0.15) is 5.56 Å². The van der Waals surface area contributed by atoms with Gasteiger partial charge in [0.1, 0.15) is 5.03 Å². The number of carbonyl (C=O) groups excluding carboxylic acids is 1. The van der Waals surface area contributed by atoms with Crippen molar-refractivity contribution in [2.45, 2.75) is 11.9 Å². The summed E-state index contributed by atoms with van der Waals surface area (Å²) < 4.78 is 0. The van der Waals surface area contributed by atoms with Crippen LogP contribution in [0.4, 0.5) is 11.4 Å². The Hall–Kier alpha value is -3.26. The van der Waals surface area contributed by atoms with Crippen molar-refractivity contribution in [3.8, 4) is 11.3 Å². The highest BCUT2D eigenvalue weighted by molar-refractivity contribution is 7.99. The van der Waals surface area contributed by atoms with Crippen LogP contribution in [0.5, 0.6) is 0 Å². The zero-order valence-electron chi connectivity index (χ0n) is 14.5. The van der Waals surface area contributed by atoms with Crippen molar-refractivity contribution in [2.24, 2.45) is 0 Å². The quantitative estimate of drug-likeness (QED) is 0.393. The lowest BCUT2D eigenvalue weighted by atomic mass is 10.1. The molecule has 0 saturated heterocycles. The van der Waals surface area contributed by atoms with Gasteiger partial charge in [-0.1, -0.05) is 41.6 Å². The summed E-state index contributed by atoms with van der Waals surface area (Å²) in [5.41, 5.74) is 3.42. The predicted octanol–water partition coefficient (Wildman–Crippen LogP) is 4.09. The van der Waals surface area contributed by atoms with Crippen molar-refractivity contribution < 1.29 is 9.72 Å². The molecule has 3 aromatic rings. The summed E-state index contributed by atoms with van der Waals surface area (Å²) in [6.45, 7) is 2.02. The first-order chi connectivity index (χ1) is 13.0. The Morgan fingerprint density at radius 2 is 1.74 bits per heavy atom. The van der Waals surface area contributed by atoms with Crippen LogP contribution in [0.15, 0.2) is 65.7 Å². The molecule has 0 aliphatic carbocycles. The number of rotatable bonds is 6. The van der Waals surface area contributed by atoms with Crippen LogP contribution in [0.3, 0.4) is 0 Å². The number of hydrogen-bond donors (Lipinski definition) is 1. The van der Waals surface area contributed by atoms with Gasteiger partial charge < -0.3 is 5.32 Å². The van der Waals surface area contributed by atoms with Gasteiger partial charge in [0, 0.05) is 23.4 Å². The summed E-state index contributed by atoms with van der Waals surface area (Å²) in [6, 6.07) is 17.4. The van der Waals surface area contributed by atoms with Gasteiger partial charge in [-0.05, 0) is 31.2 Å². The van der Waals surface area contributed by atoms with Crippen molar-refractivity contribution in [3.63, 3.8) is 0 Å². The van der Waals surface area contributed by atoms with E-state index in [4.69, 9.17) is 0 Å². The van der Waals surface area contributed by atoms with E-state index >= 15 is 0 Å². The minimum atomic E-state index is -0.486. The molecule has 2 aromatic carbocycles. The molecule has 0 saturated carbocycles. The van der Waals surface area contributed by atoms with E-state index in [-0.39, 0.29) is 17.3 Å². The highest BCUT2D eigenvalue weighted by atomic mass is 32.2. The molecule has 0 radical (unpaired) electrons. The molecule has 1 aromatic heterocycles. The Morgan fingerprint density at radius 1 is 1.04 bits per heavy atom. The van der Waals surface area contributed by atoms with Gasteiger partial charge in [0.25, 0.3) is 5.69 Å². The molecule has 0 bridgehead atoms. The van der Waals surface area contributed by atoms with Gasteiger partial charge in [-0.25, -0.2) is 0 Å². The standard InChI is InChI=1S/C19H16N4O3S/c1-13-2-4-14(5-3-13)17-10-11-19(22-21-17)27-12-18(24)20-15-6-8-16(9-7-15)23(25)26/h2-11H,12H2,1H3,(H,20,24). The monoisotopic (exact) mass is 380 g/mol.